The fraction of sp³-hybridized carbons (Fsp3) is 0.538. The van der Waals surface area contributed by atoms with E-state index in [9.17, 15) is 4.79 Å². The molecule has 0 radical (unpaired) electrons. The molecule has 0 aliphatic rings. The lowest BCUT2D eigenvalue weighted by Gasteiger charge is -2.02. The molecular formula is C13H20N6O. The number of aromatic amines is 2. The summed E-state index contributed by atoms with van der Waals surface area (Å²) in [6, 6.07) is 0. The zero-order valence-corrected chi connectivity index (χ0v) is 11.9. The van der Waals surface area contributed by atoms with E-state index >= 15 is 0 Å². The molecule has 2 aromatic rings. The van der Waals surface area contributed by atoms with Crippen molar-refractivity contribution in [1.82, 2.24) is 30.7 Å². The van der Waals surface area contributed by atoms with Gasteiger partial charge in [0.15, 0.2) is 0 Å². The van der Waals surface area contributed by atoms with Crippen LogP contribution in [0.4, 0.5) is 0 Å². The van der Waals surface area contributed by atoms with Crippen LogP contribution in [-0.4, -0.2) is 37.8 Å². The molecule has 0 saturated carbocycles. The van der Waals surface area contributed by atoms with Crippen molar-refractivity contribution in [3.05, 3.63) is 29.1 Å². The van der Waals surface area contributed by atoms with Crippen molar-refractivity contribution in [3.63, 3.8) is 0 Å². The average Bonchev–Trinajstić information content (AvgIpc) is 3.05. The van der Waals surface area contributed by atoms with Crippen molar-refractivity contribution in [1.29, 1.82) is 0 Å². The highest BCUT2D eigenvalue weighted by Gasteiger charge is 2.11. The van der Waals surface area contributed by atoms with Gasteiger partial charge in [-0.1, -0.05) is 6.92 Å². The normalized spacial score (nSPS) is 10.7. The maximum Gasteiger partial charge on any atom is 0.290 e. The Bertz CT molecular complexity index is 559. The maximum atomic E-state index is 11.8. The lowest BCUT2D eigenvalue weighted by molar-refractivity contribution is 0.0943. The Morgan fingerprint density at radius 3 is 2.90 bits per heavy atom. The quantitative estimate of drug-likeness (QED) is 0.660. The Hall–Kier alpha value is -2.18. The second-order valence-electron chi connectivity index (χ2n) is 4.74. The molecule has 1 amide bonds. The van der Waals surface area contributed by atoms with Gasteiger partial charge in [0.2, 0.25) is 5.82 Å². The fourth-order valence-corrected chi connectivity index (χ4v) is 1.93. The molecule has 0 atom stereocenters. The van der Waals surface area contributed by atoms with Crippen molar-refractivity contribution >= 4 is 5.91 Å². The fourth-order valence-electron chi connectivity index (χ4n) is 1.93. The zero-order chi connectivity index (χ0) is 14.4. The minimum Gasteiger partial charge on any atom is -0.349 e. The Morgan fingerprint density at radius 2 is 2.20 bits per heavy atom. The highest BCUT2D eigenvalue weighted by molar-refractivity contribution is 5.90. The predicted molar refractivity (Wildman–Crippen MR) is 74.4 cm³/mol. The van der Waals surface area contributed by atoms with Crippen molar-refractivity contribution in [2.24, 2.45) is 0 Å². The Kier molecular flexibility index (Phi) is 4.86. The van der Waals surface area contributed by atoms with Crippen LogP contribution >= 0.6 is 0 Å². The predicted octanol–water partition coefficient (Wildman–Crippen LogP) is 1.15. The van der Waals surface area contributed by atoms with Crippen LogP contribution in [0.1, 0.15) is 47.5 Å². The summed E-state index contributed by atoms with van der Waals surface area (Å²) in [4.78, 5) is 16.0. The SMILES string of the molecule is CCCc1nc(C(=O)NCCCc2cn[nH]c2C)n[nH]1. The summed E-state index contributed by atoms with van der Waals surface area (Å²) in [5.41, 5.74) is 2.26. The van der Waals surface area contributed by atoms with E-state index in [0.717, 1.165) is 37.2 Å². The molecule has 7 nitrogen and oxygen atoms in total. The average molecular weight is 276 g/mol. The molecule has 0 saturated heterocycles. The Morgan fingerprint density at radius 1 is 1.35 bits per heavy atom. The minimum atomic E-state index is -0.229. The van der Waals surface area contributed by atoms with Crippen LogP contribution in [0.25, 0.3) is 0 Å². The Balaban J connectivity index is 1.73. The van der Waals surface area contributed by atoms with Crippen molar-refractivity contribution in [3.8, 4) is 0 Å². The number of hydrogen-bond donors (Lipinski definition) is 3. The minimum absolute atomic E-state index is 0.216. The van der Waals surface area contributed by atoms with Gasteiger partial charge in [-0.3, -0.25) is 15.0 Å². The number of nitrogens with zero attached hydrogens (tertiary/aromatic N) is 3. The summed E-state index contributed by atoms with van der Waals surface area (Å²) in [5.74, 6) is 0.743. The molecule has 2 rings (SSSR count). The lowest BCUT2D eigenvalue weighted by atomic mass is 10.1. The van der Waals surface area contributed by atoms with Gasteiger partial charge in [0.25, 0.3) is 5.91 Å². The largest absolute Gasteiger partial charge is 0.349 e. The van der Waals surface area contributed by atoms with Crippen molar-refractivity contribution in [2.75, 3.05) is 6.54 Å². The van der Waals surface area contributed by atoms with E-state index in [4.69, 9.17) is 0 Å². The first kappa shape index (κ1) is 14.2. The first-order valence-electron chi connectivity index (χ1n) is 6.89. The number of rotatable bonds is 7. The highest BCUT2D eigenvalue weighted by Crippen LogP contribution is 2.05. The molecule has 0 aliphatic heterocycles. The number of nitrogens with one attached hydrogen (secondary N) is 3. The van der Waals surface area contributed by atoms with Gasteiger partial charge < -0.3 is 5.32 Å². The van der Waals surface area contributed by atoms with Crippen LogP contribution in [-0.2, 0) is 12.8 Å². The third kappa shape index (κ3) is 3.66. The summed E-state index contributed by atoms with van der Waals surface area (Å²) in [7, 11) is 0. The number of amides is 1. The summed E-state index contributed by atoms with van der Waals surface area (Å²) < 4.78 is 0. The van der Waals surface area contributed by atoms with Gasteiger partial charge in [-0.2, -0.15) is 5.10 Å². The van der Waals surface area contributed by atoms with Crippen LogP contribution in [0.2, 0.25) is 0 Å². The molecule has 2 aromatic heterocycles. The third-order valence-corrected chi connectivity index (χ3v) is 3.06. The molecule has 20 heavy (non-hydrogen) atoms. The second-order valence-corrected chi connectivity index (χ2v) is 4.74. The molecule has 0 fully saturated rings. The molecule has 0 unspecified atom stereocenters. The van der Waals surface area contributed by atoms with E-state index in [1.807, 2.05) is 13.1 Å². The van der Waals surface area contributed by atoms with Gasteiger partial charge in [0.05, 0.1) is 6.20 Å². The molecule has 0 spiro atoms. The standard InChI is InChI=1S/C13H20N6O/c1-3-5-11-16-12(19-18-11)13(20)14-7-4-6-10-8-15-17-9(10)2/h8H,3-7H2,1-2H3,(H,14,20)(H,15,17)(H,16,18,19). The van der Waals surface area contributed by atoms with Gasteiger partial charge in [-0.05, 0) is 31.7 Å². The topological polar surface area (TPSA) is 99.3 Å². The van der Waals surface area contributed by atoms with Crippen LogP contribution in [0, 0.1) is 6.92 Å². The molecule has 7 heteroatoms. The molecule has 0 bridgehead atoms. The summed E-state index contributed by atoms with van der Waals surface area (Å²) in [6.07, 6.45) is 5.35. The lowest BCUT2D eigenvalue weighted by Crippen LogP contribution is -2.26. The monoisotopic (exact) mass is 276 g/mol. The van der Waals surface area contributed by atoms with E-state index < -0.39 is 0 Å². The highest BCUT2D eigenvalue weighted by atomic mass is 16.2. The molecule has 0 aliphatic carbocycles. The number of hydrogen-bond acceptors (Lipinski definition) is 4. The van der Waals surface area contributed by atoms with E-state index in [-0.39, 0.29) is 11.7 Å². The summed E-state index contributed by atoms with van der Waals surface area (Å²) in [5, 5.41) is 16.4. The molecule has 2 heterocycles. The maximum absolute atomic E-state index is 11.8. The molecular weight excluding hydrogens is 256 g/mol. The Labute approximate surface area is 117 Å². The van der Waals surface area contributed by atoms with Crippen LogP contribution in [0.5, 0.6) is 0 Å². The third-order valence-electron chi connectivity index (χ3n) is 3.06. The smallest absolute Gasteiger partial charge is 0.290 e. The first-order valence-corrected chi connectivity index (χ1v) is 6.89. The van der Waals surface area contributed by atoms with Crippen LogP contribution in [0.3, 0.4) is 0 Å². The summed E-state index contributed by atoms with van der Waals surface area (Å²) >= 11 is 0. The van der Waals surface area contributed by atoms with Crippen LogP contribution < -0.4 is 5.32 Å². The van der Waals surface area contributed by atoms with E-state index in [1.54, 1.807) is 0 Å². The van der Waals surface area contributed by atoms with Gasteiger partial charge in [0.1, 0.15) is 5.82 Å². The number of carbonyl (C=O) groups excluding carboxylic acids is 1. The van der Waals surface area contributed by atoms with Gasteiger partial charge >= 0.3 is 0 Å². The van der Waals surface area contributed by atoms with Gasteiger partial charge in [0, 0.05) is 18.7 Å². The number of aromatic nitrogens is 5. The molecule has 3 N–H and O–H groups in total. The van der Waals surface area contributed by atoms with E-state index in [1.165, 1.54) is 5.56 Å². The van der Waals surface area contributed by atoms with Gasteiger partial charge in [-0.25, -0.2) is 4.98 Å². The van der Waals surface area contributed by atoms with Gasteiger partial charge in [-0.15, -0.1) is 5.10 Å². The summed E-state index contributed by atoms with van der Waals surface area (Å²) in [6.45, 7) is 4.64. The first-order chi connectivity index (χ1) is 9.70. The van der Waals surface area contributed by atoms with E-state index in [2.05, 4.69) is 37.6 Å². The number of aryl methyl sites for hydroxylation is 3. The number of carbonyl (C=O) groups is 1. The van der Waals surface area contributed by atoms with Crippen LogP contribution in [0.15, 0.2) is 6.20 Å². The number of H-pyrrole nitrogens is 2. The van der Waals surface area contributed by atoms with E-state index in [0.29, 0.717) is 6.54 Å². The second kappa shape index (κ2) is 6.83. The van der Waals surface area contributed by atoms with Crippen molar-refractivity contribution in [2.45, 2.75) is 39.5 Å². The van der Waals surface area contributed by atoms with Crippen molar-refractivity contribution < 1.29 is 4.79 Å². The zero-order valence-electron chi connectivity index (χ0n) is 11.9. The molecule has 0 aromatic carbocycles. The molecule has 108 valence electrons.